The van der Waals surface area contributed by atoms with Gasteiger partial charge in [-0.15, -0.1) is 0 Å². The van der Waals surface area contributed by atoms with E-state index in [0.29, 0.717) is 12.6 Å². The summed E-state index contributed by atoms with van der Waals surface area (Å²) in [6, 6.07) is 6.64. The molecule has 0 saturated heterocycles. The van der Waals surface area contributed by atoms with Gasteiger partial charge in [0.15, 0.2) is 0 Å². The van der Waals surface area contributed by atoms with Gasteiger partial charge in [-0.3, -0.25) is 4.79 Å². The normalized spacial score (nSPS) is 17.3. The van der Waals surface area contributed by atoms with Crippen molar-refractivity contribution in [1.29, 1.82) is 0 Å². The Bertz CT molecular complexity index is 432. The van der Waals surface area contributed by atoms with Gasteiger partial charge in [0.2, 0.25) is 5.91 Å². The minimum atomic E-state index is 0.0188. The van der Waals surface area contributed by atoms with Crippen LogP contribution in [0.25, 0.3) is 0 Å². The number of carbonyl (C=O) groups excluding carboxylic acids is 1. The van der Waals surface area contributed by atoms with E-state index in [1.807, 2.05) is 6.07 Å². The molecule has 1 aromatic carbocycles. The third-order valence-corrected chi connectivity index (χ3v) is 3.32. The summed E-state index contributed by atoms with van der Waals surface area (Å²) < 4.78 is 5.26. The highest BCUT2D eigenvalue weighted by molar-refractivity contribution is 5.72. The zero-order chi connectivity index (χ0) is 13.0. The minimum Gasteiger partial charge on any atom is -0.497 e. The Morgan fingerprint density at radius 1 is 1.44 bits per heavy atom. The number of nitrogens with one attached hydrogen (secondary N) is 2. The van der Waals surface area contributed by atoms with Crippen LogP contribution in [-0.2, 0) is 11.2 Å². The van der Waals surface area contributed by atoms with Crippen LogP contribution in [0.5, 0.6) is 5.75 Å². The molecule has 0 aromatic heterocycles. The lowest BCUT2D eigenvalue weighted by Crippen LogP contribution is -2.31. The average molecular weight is 248 g/mol. The molecule has 1 atom stereocenters. The van der Waals surface area contributed by atoms with E-state index in [4.69, 9.17) is 4.74 Å². The van der Waals surface area contributed by atoms with Crippen molar-refractivity contribution < 1.29 is 9.53 Å². The lowest BCUT2D eigenvalue weighted by molar-refractivity contribution is -0.118. The zero-order valence-corrected chi connectivity index (χ0v) is 11.0. The molecule has 98 valence electrons. The average Bonchev–Trinajstić information content (AvgIpc) is 2.76. The first kappa shape index (κ1) is 12.9. The summed E-state index contributed by atoms with van der Waals surface area (Å²) in [5.41, 5.74) is 2.73. The number of amides is 1. The Balaban J connectivity index is 1.91. The molecule has 4 heteroatoms. The number of fused-ring (bicyclic) bond motifs is 1. The van der Waals surface area contributed by atoms with Crippen molar-refractivity contribution in [2.75, 3.05) is 20.2 Å². The standard InChI is InChI=1S/C14H20N2O2/c1-10(17)15-7-8-16-14-6-4-11-3-5-12(18-2)9-13(11)14/h3,5,9,14,16H,4,6-8H2,1-2H3,(H,15,17). The van der Waals surface area contributed by atoms with E-state index in [1.54, 1.807) is 7.11 Å². The molecule has 0 saturated carbocycles. The van der Waals surface area contributed by atoms with Crippen molar-refractivity contribution in [3.8, 4) is 5.75 Å². The molecule has 2 rings (SSSR count). The van der Waals surface area contributed by atoms with Gasteiger partial charge < -0.3 is 15.4 Å². The molecule has 2 N–H and O–H groups in total. The van der Waals surface area contributed by atoms with E-state index in [-0.39, 0.29) is 5.91 Å². The predicted octanol–water partition coefficient (Wildman–Crippen LogP) is 1.41. The smallest absolute Gasteiger partial charge is 0.216 e. The van der Waals surface area contributed by atoms with Gasteiger partial charge >= 0.3 is 0 Å². The second-order valence-corrected chi connectivity index (χ2v) is 4.59. The van der Waals surface area contributed by atoms with E-state index < -0.39 is 0 Å². The van der Waals surface area contributed by atoms with Gasteiger partial charge in [0.25, 0.3) is 0 Å². The third-order valence-electron chi connectivity index (χ3n) is 3.32. The van der Waals surface area contributed by atoms with Crippen molar-refractivity contribution in [3.05, 3.63) is 29.3 Å². The van der Waals surface area contributed by atoms with Gasteiger partial charge in [0.05, 0.1) is 7.11 Å². The predicted molar refractivity (Wildman–Crippen MR) is 70.7 cm³/mol. The number of hydrogen-bond donors (Lipinski definition) is 2. The summed E-state index contributed by atoms with van der Waals surface area (Å²) in [5.74, 6) is 0.926. The fourth-order valence-corrected chi connectivity index (χ4v) is 2.40. The first-order chi connectivity index (χ1) is 8.70. The minimum absolute atomic E-state index is 0.0188. The Kier molecular flexibility index (Phi) is 4.20. The van der Waals surface area contributed by atoms with E-state index in [1.165, 1.54) is 18.1 Å². The quantitative estimate of drug-likeness (QED) is 0.775. The number of ether oxygens (including phenoxy) is 1. The summed E-state index contributed by atoms with van der Waals surface area (Å²) in [6.07, 6.45) is 2.22. The molecular weight excluding hydrogens is 228 g/mol. The molecule has 0 heterocycles. The van der Waals surface area contributed by atoms with Gasteiger partial charge in [0, 0.05) is 26.1 Å². The largest absolute Gasteiger partial charge is 0.497 e. The zero-order valence-electron chi connectivity index (χ0n) is 11.0. The van der Waals surface area contributed by atoms with E-state index in [2.05, 4.69) is 22.8 Å². The molecule has 4 nitrogen and oxygen atoms in total. The van der Waals surface area contributed by atoms with Crippen LogP contribution in [0.1, 0.15) is 30.5 Å². The van der Waals surface area contributed by atoms with Gasteiger partial charge in [-0.1, -0.05) is 6.07 Å². The molecule has 1 amide bonds. The van der Waals surface area contributed by atoms with Crippen molar-refractivity contribution in [2.45, 2.75) is 25.8 Å². The van der Waals surface area contributed by atoms with Gasteiger partial charge in [-0.25, -0.2) is 0 Å². The number of carbonyl (C=O) groups is 1. The number of rotatable bonds is 5. The second kappa shape index (κ2) is 5.87. The van der Waals surface area contributed by atoms with Gasteiger partial charge in [0.1, 0.15) is 5.75 Å². The van der Waals surface area contributed by atoms with E-state index in [0.717, 1.165) is 25.1 Å². The van der Waals surface area contributed by atoms with Crippen LogP contribution in [0.4, 0.5) is 0 Å². The summed E-state index contributed by atoms with van der Waals surface area (Å²) >= 11 is 0. The summed E-state index contributed by atoms with van der Waals surface area (Å²) in [6.45, 7) is 3.00. The fourth-order valence-electron chi connectivity index (χ4n) is 2.40. The highest BCUT2D eigenvalue weighted by Gasteiger charge is 2.22. The number of methoxy groups -OCH3 is 1. The molecule has 18 heavy (non-hydrogen) atoms. The van der Waals surface area contributed by atoms with Crippen LogP contribution in [0.3, 0.4) is 0 Å². The Hall–Kier alpha value is -1.55. The highest BCUT2D eigenvalue weighted by Crippen LogP contribution is 2.33. The molecule has 0 aliphatic heterocycles. The summed E-state index contributed by atoms with van der Waals surface area (Å²) in [7, 11) is 1.69. The third kappa shape index (κ3) is 3.01. The van der Waals surface area contributed by atoms with Crippen molar-refractivity contribution >= 4 is 5.91 Å². The maximum absolute atomic E-state index is 10.8. The SMILES string of the molecule is COc1ccc2c(c1)C(NCCNC(C)=O)CC2. The molecule has 0 spiro atoms. The maximum Gasteiger partial charge on any atom is 0.216 e. The molecule has 1 unspecified atom stereocenters. The number of benzene rings is 1. The van der Waals surface area contributed by atoms with Crippen LogP contribution in [-0.4, -0.2) is 26.1 Å². The molecule has 0 bridgehead atoms. The van der Waals surface area contributed by atoms with Crippen LogP contribution < -0.4 is 15.4 Å². The first-order valence-electron chi connectivity index (χ1n) is 6.35. The molecule has 1 aliphatic carbocycles. The summed E-state index contributed by atoms with van der Waals surface area (Å²) in [5, 5.41) is 6.26. The van der Waals surface area contributed by atoms with Gasteiger partial charge in [-0.2, -0.15) is 0 Å². The Labute approximate surface area is 108 Å². The Morgan fingerprint density at radius 3 is 3.00 bits per heavy atom. The lowest BCUT2D eigenvalue weighted by Gasteiger charge is -2.14. The number of hydrogen-bond acceptors (Lipinski definition) is 3. The molecule has 0 fully saturated rings. The number of aryl methyl sites for hydroxylation is 1. The molecular formula is C14H20N2O2. The van der Waals surface area contributed by atoms with Gasteiger partial charge in [-0.05, 0) is 36.1 Å². The van der Waals surface area contributed by atoms with E-state index >= 15 is 0 Å². The summed E-state index contributed by atoms with van der Waals surface area (Å²) in [4.78, 5) is 10.8. The second-order valence-electron chi connectivity index (χ2n) is 4.59. The molecule has 1 aromatic rings. The van der Waals surface area contributed by atoms with Crippen molar-refractivity contribution in [1.82, 2.24) is 10.6 Å². The highest BCUT2D eigenvalue weighted by atomic mass is 16.5. The van der Waals surface area contributed by atoms with E-state index in [9.17, 15) is 4.79 Å². The molecule has 0 radical (unpaired) electrons. The molecule has 1 aliphatic rings. The first-order valence-corrected chi connectivity index (χ1v) is 6.35. The van der Waals surface area contributed by atoms with Crippen LogP contribution in [0.2, 0.25) is 0 Å². The topological polar surface area (TPSA) is 50.4 Å². The monoisotopic (exact) mass is 248 g/mol. The van der Waals surface area contributed by atoms with Crippen molar-refractivity contribution in [3.63, 3.8) is 0 Å². The maximum atomic E-state index is 10.8. The Morgan fingerprint density at radius 2 is 2.28 bits per heavy atom. The van der Waals surface area contributed by atoms with Crippen LogP contribution in [0, 0.1) is 0 Å². The van der Waals surface area contributed by atoms with Crippen LogP contribution >= 0.6 is 0 Å². The van der Waals surface area contributed by atoms with Crippen molar-refractivity contribution in [2.24, 2.45) is 0 Å². The lowest BCUT2D eigenvalue weighted by atomic mass is 10.1. The fraction of sp³-hybridized carbons (Fsp3) is 0.500. The van der Waals surface area contributed by atoms with Crippen LogP contribution in [0.15, 0.2) is 18.2 Å².